The Kier molecular flexibility index (Phi) is 22.5. The van der Waals surface area contributed by atoms with Crippen molar-refractivity contribution in [3.05, 3.63) is 107 Å². The molecule has 78 heavy (non-hydrogen) atoms. The molecule has 18 heteroatoms. The minimum atomic E-state index is -1.32. The first kappa shape index (κ1) is 62.2. The maximum absolute atomic E-state index is 13.8. The molecule has 426 valence electrons. The number of amides is 2. The number of carbonyl (C=O) groups is 6. The molecule has 5 atom stereocenters. The highest BCUT2D eigenvalue weighted by molar-refractivity contribution is 5.93. The average Bonchev–Trinajstić information content (AvgIpc) is 3.75. The van der Waals surface area contributed by atoms with Gasteiger partial charge in [0.25, 0.3) is 5.91 Å². The van der Waals surface area contributed by atoms with Gasteiger partial charge in [-0.15, -0.1) is 9.36 Å². The molecule has 3 heterocycles. The first-order valence-electron chi connectivity index (χ1n) is 27.4. The van der Waals surface area contributed by atoms with Crippen LogP contribution >= 0.6 is 0 Å². The summed E-state index contributed by atoms with van der Waals surface area (Å²) in [7, 11) is 0. The van der Waals surface area contributed by atoms with E-state index in [4.69, 9.17) is 33.6 Å². The quantitative estimate of drug-likeness (QED) is 0.0302. The van der Waals surface area contributed by atoms with Crippen LogP contribution in [0.3, 0.4) is 0 Å². The van der Waals surface area contributed by atoms with Crippen molar-refractivity contribution in [1.82, 2.24) is 15.2 Å². The first-order chi connectivity index (χ1) is 36.7. The van der Waals surface area contributed by atoms with Crippen molar-refractivity contribution in [2.45, 2.75) is 208 Å². The van der Waals surface area contributed by atoms with E-state index in [2.05, 4.69) is 88.1 Å². The lowest BCUT2D eigenvalue weighted by Gasteiger charge is -2.41. The molecule has 0 unspecified atom stereocenters. The Morgan fingerprint density at radius 2 is 1.26 bits per heavy atom. The van der Waals surface area contributed by atoms with Gasteiger partial charge < -0.3 is 33.7 Å². The van der Waals surface area contributed by atoms with Gasteiger partial charge in [-0.25, -0.2) is 4.79 Å². The number of ether oxygens (including phenoxy) is 6. The summed E-state index contributed by atoms with van der Waals surface area (Å²) >= 11 is 0. The summed E-state index contributed by atoms with van der Waals surface area (Å²) in [5.74, 6) is -3.07. The van der Waals surface area contributed by atoms with Crippen molar-refractivity contribution in [2.75, 3.05) is 24.6 Å². The monoisotopic (exact) mass is 1080 g/mol. The molecular weight excluding hydrogens is 997 g/mol. The Morgan fingerprint density at radius 3 is 1.85 bits per heavy atom. The molecule has 1 aliphatic rings. The standard InChI is InChI=1S/C60H85N6O12/c1-41(67)73-40-51-52(74-42(2)68)53(75-43(3)69)54(76-44(4)70)56(77-51)63-33-28-46(29-34-63)55(71)61-30-22-15-17-23-31-64-39-49(66(62-64)38-45-25-19-18-20-26-45)27-21-14-16-24-32-65(57(72)78-60(11,12)13)50-36-47(58(5,6)7)35-48(37-50)59(8,9)10/h18-20,25-26,28-29,33-37,39,51-54,56H,14-17,21-24,27,30-32,38,40H2,1-13H3/q+1/p+1/t51-,52-,53+,54+,56+/m1/s1. The van der Waals surface area contributed by atoms with Crippen LogP contribution in [0.2, 0.25) is 0 Å². The van der Waals surface area contributed by atoms with Crippen LogP contribution in [0.5, 0.6) is 0 Å². The molecule has 2 aromatic heterocycles. The number of hydrogen-bond acceptors (Lipinski definition) is 13. The molecule has 2 aromatic carbocycles. The number of carbonyl (C=O) groups excluding carboxylic acids is 6. The minimum absolute atomic E-state index is 0.0919. The van der Waals surface area contributed by atoms with Crippen LogP contribution in [0.4, 0.5) is 10.5 Å². The highest BCUT2D eigenvalue weighted by atomic mass is 16.7. The van der Waals surface area contributed by atoms with Crippen molar-refractivity contribution >= 4 is 41.6 Å². The molecule has 1 aliphatic heterocycles. The van der Waals surface area contributed by atoms with E-state index in [0.29, 0.717) is 25.2 Å². The third kappa shape index (κ3) is 19.6. The summed E-state index contributed by atoms with van der Waals surface area (Å²) in [5.41, 5.74) is 5.17. The highest BCUT2D eigenvalue weighted by Gasteiger charge is 2.56. The maximum Gasteiger partial charge on any atom is 0.414 e. The Morgan fingerprint density at radius 1 is 0.679 bits per heavy atom. The second kappa shape index (κ2) is 28.3. The number of unbranched alkanes of at least 4 members (excludes halogenated alkanes) is 6. The van der Waals surface area contributed by atoms with Gasteiger partial charge in [0.2, 0.25) is 6.10 Å². The van der Waals surface area contributed by atoms with E-state index in [9.17, 15) is 28.8 Å². The summed E-state index contributed by atoms with van der Waals surface area (Å²) in [6.45, 7) is 25.8. The lowest BCUT2D eigenvalue weighted by Crippen LogP contribution is -2.65. The maximum atomic E-state index is 13.8. The van der Waals surface area contributed by atoms with Crippen LogP contribution in [0, 0.1) is 0 Å². The molecule has 0 spiro atoms. The van der Waals surface area contributed by atoms with Gasteiger partial charge in [0.1, 0.15) is 31.4 Å². The SMILES string of the molecule is CC(=O)OC[C@H]1O[C@H]([n+]2ccc(C(=O)NCCCCCC[n+]3cc(CCCCCCN(C(=O)OC(C)(C)C)c4cc(C(C)(C)C)cc(C(C)(C)C)c4)n(Cc4ccccc4)n3)cc2)[C@@H](OC(C)=O)[C@@H](OC(C)=O)[C@@H]1OC(C)=O. The Hall–Kier alpha value is -6.69. The molecule has 1 N–H and O–H groups in total. The number of aromatic nitrogens is 4. The van der Waals surface area contributed by atoms with Crippen molar-refractivity contribution in [3.63, 3.8) is 0 Å². The first-order valence-corrected chi connectivity index (χ1v) is 27.4. The number of nitrogens with zero attached hydrogens (tertiary/aromatic N) is 5. The van der Waals surface area contributed by atoms with Crippen LogP contribution in [-0.4, -0.2) is 95.5 Å². The van der Waals surface area contributed by atoms with E-state index < -0.39 is 60.1 Å². The van der Waals surface area contributed by atoms with Gasteiger partial charge in [-0.1, -0.05) is 97.2 Å². The fourth-order valence-electron chi connectivity index (χ4n) is 9.12. The predicted octanol–water partition coefficient (Wildman–Crippen LogP) is 8.89. The van der Waals surface area contributed by atoms with Crippen LogP contribution in [0.1, 0.15) is 180 Å². The van der Waals surface area contributed by atoms with Crippen molar-refractivity contribution in [1.29, 1.82) is 0 Å². The van der Waals surface area contributed by atoms with Gasteiger partial charge in [0.15, 0.2) is 36.5 Å². The second-order valence-electron chi connectivity index (χ2n) is 23.3. The number of pyridine rings is 1. The molecule has 1 saturated heterocycles. The summed E-state index contributed by atoms with van der Waals surface area (Å²) in [4.78, 5) is 77.3. The van der Waals surface area contributed by atoms with Gasteiger partial charge in [0.05, 0.1) is 10.8 Å². The summed E-state index contributed by atoms with van der Waals surface area (Å²) in [6.07, 6.45) is 7.02. The number of rotatable bonds is 24. The summed E-state index contributed by atoms with van der Waals surface area (Å²) in [6, 6.07) is 20.1. The van der Waals surface area contributed by atoms with E-state index >= 15 is 0 Å². The minimum Gasteiger partial charge on any atom is -0.463 e. The van der Waals surface area contributed by atoms with Gasteiger partial charge in [-0.05, 0) is 92.5 Å². The van der Waals surface area contributed by atoms with Crippen LogP contribution in [-0.2, 0) is 77.9 Å². The molecule has 5 rings (SSSR count). The zero-order valence-corrected chi connectivity index (χ0v) is 48.4. The Bertz CT molecular complexity index is 2600. The number of esters is 4. The lowest BCUT2D eigenvalue weighted by atomic mass is 9.80. The fourth-order valence-corrected chi connectivity index (χ4v) is 9.12. The normalized spacial score (nSPS) is 17.6. The van der Waals surface area contributed by atoms with Crippen molar-refractivity contribution < 1.29 is 66.4 Å². The van der Waals surface area contributed by atoms with Crippen molar-refractivity contribution in [3.8, 4) is 0 Å². The molecule has 2 amide bonds. The molecule has 4 aromatic rings. The summed E-state index contributed by atoms with van der Waals surface area (Å²) < 4.78 is 39.7. The van der Waals surface area contributed by atoms with Gasteiger partial charge in [-0.2, -0.15) is 4.57 Å². The number of benzene rings is 2. The molecule has 0 bridgehead atoms. The van der Waals surface area contributed by atoms with E-state index in [1.807, 2.05) is 48.6 Å². The highest BCUT2D eigenvalue weighted by Crippen LogP contribution is 2.35. The molecule has 0 aliphatic carbocycles. The number of anilines is 1. The number of nitrogens with one attached hydrogen (secondary N) is 1. The second-order valence-corrected chi connectivity index (χ2v) is 23.3. The topological polar surface area (TPSA) is 199 Å². The third-order valence-corrected chi connectivity index (χ3v) is 13.1. The van der Waals surface area contributed by atoms with E-state index in [0.717, 1.165) is 83.9 Å². The third-order valence-electron chi connectivity index (χ3n) is 13.1. The number of hydrogen-bond donors (Lipinski definition) is 1. The molecular formula is C60H86N6O12+2. The Labute approximate surface area is 461 Å². The lowest BCUT2D eigenvalue weighted by molar-refractivity contribution is -0.777. The number of aryl methyl sites for hydroxylation is 2. The van der Waals surface area contributed by atoms with E-state index in [-0.39, 0.29) is 29.4 Å². The molecule has 0 radical (unpaired) electrons. The van der Waals surface area contributed by atoms with Crippen molar-refractivity contribution in [2.24, 2.45) is 0 Å². The fraction of sp³-hybridized carbons (Fsp3) is 0.583. The zero-order valence-electron chi connectivity index (χ0n) is 48.4. The largest absolute Gasteiger partial charge is 0.463 e. The van der Waals surface area contributed by atoms with Crippen LogP contribution in [0.15, 0.2) is 79.3 Å². The van der Waals surface area contributed by atoms with E-state index in [1.165, 1.54) is 40.8 Å². The molecule has 1 fully saturated rings. The predicted molar refractivity (Wildman–Crippen MR) is 292 cm³/mol. The Balaban J connectivity index is 1.13. The zero-order chi connectivity index (χ0) is 57.4. The molecule has 18 nitrogen and oxygen atoms in total. The summed E-state index contributed by atoms with van der Waals surface area (Å²) in [5, 5.41) is 7.98. The average molecular weight is 1080 g/mol. The molecule has 0 saturated carbocycles. The smallest absolute Gasteiger partial charge is 0.414 e. The van der Waals surface area contributed by atoms with E-state index in [1.54, 1.807) is 24.5 Å². The van der Waals surface area contributed by atoms with Crippen LogP contribution in [0.25, 0.3) is 0 Å². The van der Waals surface area contributed by atoms with Crippen LogP contribution < -0.4 is 19.5 Å². The van der Waals surface area contributed by atoms with Gasteiger partial charge in [0, 0.05) is 65.0 Å². The van der Waals surface area contributed by atoms with Gasteiger partial charge in [-0.3, -0.25) is 28.9 Å². The van der Waals surface area contributed by atoms with Gasteiger partial charge >= 0.3 is 36.2 Å².